The highest BCUT2D eigenvalue weighted by atomic mass is 32.2. The fourth-order valence-corrected chi connectivity index (χ4v) is 9.66. The summed E-state index contributed by atoms with van der Waals surface area (Å²) < 4.78 is 60.7. The maximum Gasteiger partial charge on any atom is 0.306 e. The highest BCUT2D eigenvalue weighted by Crippen LogP contribution is 2.40. The maximum atomic E-state index is 16.1. The number of hydrogen-bond acceptors (Lipinski definition) is 6. The van der Waals surface area contributed by atoms with Gasteiger partial charge in [-0.05, 0) is 78.5 Å². The highest BCUT2D eigenvalue weighted by molar-refractivity contribution is 7.91. The monoisotopic (exact) mass is 717 g/mol. The highest BCUT2D eigenvalue weighted by Gasteiger charge is 2.36. The van der Waals surface area contributed by atoms with Crippen LogP contribution >= 0.6 is 0 Å². The van der Waals surface area contributed by atoms with Gasteiger partial charge < -0.3 is 10.1 Å². The smallest absolute Gasteiger partial charge is 0.306 e. The number of hydrogen-bond donors (Lipinski definition) is 2. The van der Waals surface area contributed by atoms with Crippen molar-refractivity contribution in [3.05, 3.63) is 100 Å². The number of aromatic nitrogens is 5. The minimum absolute atomic E-state index is 0.0188. The number of benzene rings is 2. The Morgan fingerprint density at radius 3 is 2.63 bits per heavy atom. The number of aliphatic carboxylic acids is 1. The van der Waals surface area contributed by atoms with Crippen LogP contribution in [0.3, 0.4) is 0 Å². The zero-order chi connectivity index (χ0) is 36.9. The van der Waals surface area contributed by atoms with E-state index in [2.05, 4.69) is 16.9 Å². The molecule has 0 aliphatic carbocycles. The van der Waals surface area contributed by atoms with Gasteiger partial charge in [-0.1, -0.05) is 58.4 Å². The summed E-state index contributed by atoms with van der Waals surface area (Å²) in [6.07, 6.45) is 5.40. The lowest BCUT2D eigenvalue weighted by atomic mass is 9.75. The first-order valence-electron chi connectivity index (χ1n) is 17.4. The second-order valence-electron chi connectivity index (χ2n) is 15.2. The first-order valence-corrected chi connectivity index (χ1v) is 19.2. The quantitative estimate of drug-likeness (QED) is 0.197. The number of carbonyl (C=O) groups is 1. The number of pyridine rings is 1. The molecule has 12 heteroatoms. The van der Waals surface area contributed by atoms with Gasteiger partial charge in [0.05, 0.1) is 28.4 Å². The Kier molecular flexibility index (Phi) is 9.69. The van der Waals surface area contributed by atoms with Crippen LogP contribution in [0.1, 0.15) is 93.4 Å². The molecule has 5 aromatic rings. The van der Waals surface area contributed by atoms with Gasteiger partial charge in [-0.2, -0.15) is 5.10 Å². The summed E-state index contributed by atoms with van der Waals surface area (Å²) in [4.78, 5) is 24.1. The number of H-pyrrole nitrogens is 1. The molecule has 1 aliphatic rings. The minimum atomic E-state index is -3.62. The first-order chi connectivity index (χ1) is 24.0. The van der Waals surface area contributed by atoms with Crippen LogP contribution in [0.4, 0.5) is 8.78 Å². The Balaban J connectivity index is 1.51. The summed E-state index contributed by atoms with van der Waals surface area (Å²) in [7, 11) is -1.83. The van der Waals surface area contributed by atoms with Crippen LogP contribution in [0.15, 0.2) is 54.9 Å². The van der Waals surface area contributed by atoms with E-state index in [1.807, 2.05) is 38.1 Å². The number of halogens is 2. The summed E-state index contributed by atoms with van der Waals surface area (Å²) in [6.45, 7) is 9.42. The van der Waals surface area contributed by atoms with E-state index in [1.54, 1.807) is 50.0 Å². The van der Waals surface area contributed by atoms with Crippen molar-refractivity contribution >= 4 is 26.7 Å². The third kappa shape index (κ3) is 7.20. The van der Waals surface area contributed by atoms with Gasteiger partial charge in [-0.25, -0.2) is 26.9 Å². The van der Waals surface area contributed by atoms with Crippen LogP contribution in [0.5, 0.6) is 0 Å². The molecule has 9 nitrogen and oxygen atoms in total. The van der Waals surface area contributed by atoms with Crippen molar-refractivity contribution in [2.24, 2.45) is 18.4 Å². The van der Waals surface area contributed by atoms with E-state index in [9.17, 15) is 18.3 Å². The van der Waals surface area contributed by atoms with Crippen LogP contribution in [-0.4, -0.2) is 55.7 Å². The van der Waals surface area contributed by atoms with Crippen molar-refractivity contribution in [2.45, 2.75) is 78.1 Å². The molecule has 0 spiro atoms. The molecule has 4 heterocycles. The van der Waals surface area contributed by atoms with Crippen molar-refractivity contribution in [2.75, 3.05) is 11.5 Å². The van der Waals surface area contributed by atoms with Gasteiger partial charge in [0, 0.05) is 36.3 Å². The van der Waals surface area contributed by atoms with Crippen molar-refractivity contribution in [3.8, 4) is 11.5 Å². The van der Waals surface area contributed by atoms with Crippen LogP contribution in [0.25, 0.3) is 22.4 Å². The van der Waals surface area contributed by atoms with Gasteiger partial charge in [-0.15, -0.1) is 0 Å². The number of carboxylic acids is 1. The lowest BCUT2D eigenvalue weighted by Crippen LogP contribution is -2.29. The summed E-state index contributed by atoms with van der Waals surface area (Å²) in [5.74, 6) is -3.31. The van der Waals surface area contributed by atoms with E-state index < -0.39 is 50.1 Å². The van der Waals surface area contributed by atoms with Gasteiger partial charge >= 0.3 is 5.97 Å². The Hall–Kier alpha value is -4.45. The molecule has 2 N–H and O–H groups in total. The zero-order valence-corrected chi connectivity index (χ0v) is 30.7. The maximum absolute atomic E-state index is 16.1. The summed E-state index contributed by atoms with van der Waals surface area (Å²) in [6, 6.07) is 13.1. The largest absolute Gasteiger partial charge is 0.481 e. The molecular formula is C39H45F2N5O4S. The fraction of sp³-hybridized carbons (Fsp3) is 0.436. The molecule has 6 rings (SSSR count). The van der Waals surface area contributed by atoms with Crippen LogP contribution in [-0.2, 0) is 39.9 Å². The predicted molar refractivity (Wildman–Crippen MR) is 193 cm³/mol. The average Bonchev–Trinajstić information content (AvgIpc) is 3.72. The molecule has 3 aromatic heterocycles. The summed E-state index contributed by atoms with van der Waals surface area (Å²) in [5.41, 5.74) is 2.28. The average molecular weight is 718 g/mol. The molecule has 0 saturated carbocycles. The molecule has 1 aliphatic heterocycles. The zero-order valence-electron chi connectivity index (χ0n) is 29.9. The Labute approximate surface area is 297 Å². The lowest BCUT2D eigenvalue weighted by Gasteiger charge is -2.31. The number of fused-ring (bicyclic) bond motifs is 8. The summed E-state index contributed by atoms with van der Waals surface area (Å²) >= 11 is 0. The molecule has 0 saturated heterocycles. The van der Waals surface area contributed by atoms with Crippen LogP contribution in [0.2, 0.25) is 0 Å². The van der Waals surface area contributed by atoms with E-state index in [4.69, 9.17) is 10.1 Å². The van der Waals surface area contributed by atoms with Crippen molar-refractivity contribution < 1.29 is 27.1 Å². The van der Waals surface area contributed by atoms with Crippen LogP contribution < -0.4 is 0 Å². The number of sulfone groups is 1. The van der Waals surface area contributed by atoms with E-state index >= 15 is 8.78 Å². The minimum Gasteiger partial charge on any atom is -0.481 e. The fourth-order valence-electron chi connectivity index (χ4n) is 7.66. The topological polar surface area (TPSA) is 131 Å². The molecule has 51 heavy (non-hydrogen) atoms. The molecule has 0 amide bonds. The molecule has 0 fully saturated rings. The second-order valence-corrected chi connectivity index (χ2v) is 17.4. The number of aromatic amines is 1. The first kappa shape index (κ1) is 36.3. The van der Waals surface area contributed by atoms with E-state index in [-0.39, 0.29) is 29.0 Å². The standard InChI is InChI=1S/C39H45F2N5O4S/c1-23(36(47)48)19-25-9-7-10-27(20-25)39(5)15-8-14-38(3,4)22-51(49,50)18-13-28-29-12-17-43-34(29)33(41)32(40)31(28)24(2)26-11-16-42-30(21-26)35-44-37(39)45-46(35)6/h7,9-12,16-17,20-21,23-24,43H,8,13-15,18-19,22H2,1-6H3,(H,47,48)/t23-,24?,39+/m0/s1. The Morgan fingerprint density at radius 2 is 1.88 bits per heavy atom. The molecule has 2 aromatic carbocycles. The second kappa shape index (κ2) is 13.6. The van der Waals surface area contributed by atoms with E-state index in [0.717, 1.165) is 11.1 Å². The number of carboxylic acid groups (broad SMARTS) is 1. The van der Waals surface area contributed by atoms with Crippen LogP contribution in [0, 0.1) is 23.0 Å². The predicted octanol–water partition coefficient (Wildman–Crippen LogP) is 7.53. The van der Waals surface area contributed by atoms with Gasteiger partial charge in [0.2, 0.25) is 0 Å². The van der Waals surface area contributed by atoms with E-state index in [0.29, 0.717) is 59.5 Å². The number of aryl methyl sites for hydroxylation is 2. The van der Waals surface area contributed by atoms with Crippen molar-refractivity contribution in [1.82, 2.24) is 24.7 Å². The SMILES string of the molecule is CC1c2ccnc(c2)-c2nc(nn2C)[C@@](C)(c2cccc(C[C@H](C)C(=O)O)c2)CCCC(C)(C)CS(=O)(=O)CCc2c1c(F)c(F)c1[nH]ccc21. The molecule has 4 bridgehead atoms. The van der Waals surface area contributed by atoms with Gasteiger partial charge in [0.25, 0.3) is 0 Å². The normalized spacial score (nSPS) is 21.4. The third-order valence-electron chi connectivity index (χ3n) is 10.6. The van der Waals surface area contributed by atoms with E-state index in [1.165, 1.54) is 6.20 Å². The van der Waals surface area contributed by atoms with Crippen molar-refractivity contribution in [3.63, 3.8) is 0 Å². The molecular weight excluding hydrogens is 673 g/mol. The molecule has 3 atom stereocenters. The molecule has 1 unspecified atom stereocenters. The number of rotatable bonds is 4. The summed E-state index contributed by atoms with van der Waals surface area (Å²) in [5, 5.41) is 14.9. The molecule has 270 valence electrons. The third-order valence-corrected chi connectivity index (χ3v) is 12.6. The Bertz CT molecular complexity index is 2230. The number of nitrogens with one attached hydrogen (secondary N) is 1. The van der Waals surface area contributed by atoms with Gasteiger partial charge in [0.1, 0.15) is 5.69 Å². The van der Waals surface area contributed by atoms with Gasteiger partial charge in [0.15, 0.2) is 33.1 Å². The lowest BCUT2D eigenvalue weighted by molar-refractivity contribution is -0.141. The van der Waals surface area contributed by atoms with Gasteiger partial charge in [-0.3, -0.25) is 9.78 Å². The van der Waals surface area contributed by atoms with Crippen molar-refractivity contribution in [1.29, 1.82) is 0 Å². The number of nitrogens with zero attached hydrogens (tertiary/aromatic N) is 4. The Morgan fingerprint density at radius 1 is 1.12 bits per heavy atom. The molecule has 0 radical (unpaired) electrons.